The van der Waals surface area contributed by atoms with Crippen molar-refractivity contribution < 1.29 is 14.4 Å². The van der Waals surface area contributed by atoms with Crippen LogP contribution in [0.5, 0.6) is 0 Å². The number of rotatable bonds is 7. The predicted molar refractivity (Wildman–Crippen MR) is 129 cm³/mol. The molecule has 1 fully saturated rings. The molecule has 3 aromatic rings. The third kappa shape index (κ3) is 5.49. The summed E-state index contributed by atoms with van der Waals surface area (Å²) in [7, 11) is 0. The third-order valence-electron chi connectivity index (χ3n) is 5.73. The first-order valence-electron chi connectivity index (χ1n) is 11.0. The highest BCUT2D eigenvalue weighted by Crippen LogP contribution is 2.20. The topological polar surface area (TPSA) is 125 Å². The summed E-state index contributed by atoms with van der Waals surface area (Å²) in [6.07, 6.45) is 2.28. The van der Waals surface area contributed by atoms with E-state index < -0.39 is 11.4 Å². The molecular weight excluding hydrogens is 456 g/mol. The second-order valence-corrected chi connectivity index (χ2v) is 8.49. The second kappa shape index (κ2) is 10.6. The van der Waals surface area contributed by atoms with Gasteiger partial charge in [0, 0.05) is 23.7 Å². The third-order valence-corrected chi connectivity index (χ3v) is 5.98. The highest BCUT2D eigenvalue weighted by atomic mass is 35.5. The summed E-state index contributed by atoms with van der Waals surface area (Å²) in [4.78, 5) is 47.0. The Morgan fingerprint density at radius 1 is 0.912 bits per heavy atom. The van der Waals surface area contributed by atoms with Crippen molar-refractivity contribution in [1.29, 1.82) is 0 Å². The molecule has 0 unspecified atom stereocenters. The number of carbonyl (C=O) groups excluding carboxylic acids is 3. The lowest BCUT2D eigenvalue weighted by Gasteiger charge is -2.36. The van der Waals surface area contributed by atoms with E-state index in [2.05, 4.69) is 31.2 Å². The van der Waals surface area contributed by atoms with E-state index in [1.54, 1.807) is 30.3 Å². The van der Waals surface area contributed by atoms with Crippen LogP contribution < -0.4 is 21.3 Å². The maximum atomic E-state index is 13.1. The van der Waals surface area contributed by atoms with Crippen LogP contribution >= 0.6 is 11.6 Å². The Labute approximate surface area is 201 Å². The van der Waals surface area contributed by atoms with Gasteiger partial charge < -0.3 is 21.3 Å². The largest absolute Gasteiger partial charge is 0.352 e. The van der Waals surface area contributed by atoms with Gasteiger partial charge >= 0.3 is 0 Å². The molecule has 0 spiro atoms. The number of nitrogens with zero attached hydrogens (tertiary/aromatic N) is 2. The minimum Gasteiger partial charge on any atom is -0.352 e. The van der Waals surface area contributed by atoms with Gasteiger partial charge in [0.15, 0.2) is 0 Å². The molecule has 0 bridgehead atoms. The van der Waals surface area contributed by atoms with Crippen molar-refractivity contribution in [2.75, 3.05) is 26.2 Å². The molecule has 0 aliphatic carbocycles. The minimum absolute atomic E-state index is 0.152. The van der Waals surface area contributed by atoms with E-state index in [1.165, 1.54) is 6.20 Å². The second-order valence-electron chi connectivity index (χ2n) is 8.05. The van der Waals surface area contributed by atoms with E-state index in [1.807, 2.05) is 18.2 Å². The molecule has 4 rings (SSSR count). The smallest absolute Gasteiger partial charge is 0.272 e. The number of benzene rings is 2. The predicted octanol–water partition coefficient (Wildman–Crippen LogP) is 1.68. The van der Waals surface area contributed by atoms with Crippen molar-refractivity contribution >= 4 is 40.4 Å². The van der Waals surface area contributed by atoms with Crippen LogP contribution in [0.3, 0.4) is 0 Å². The van der Waals surface area contributed by atoms with E-state index in [9.17, 15) is 14.4 Å². The lowest BCUT2D eigenvalue weighted by Crippen LogP contribution is -2.63. The molecule has 0 atom stereocenters. The van der Waals surface area contributed by atoms with E-state index >= 15 is 0 Å². The fourth-order valence-corrected chi connectivity index (χ4v) is 3.96. The molecule has 2 aromatic carbocycles. The van der Waals surface area contributed by atoms with E-state index in [0.717, 1.165) is 0 Å². The normalized spacial score (nSPS) is 14.9. The van der Waals surface area contributed by atoms with Crippen LogP contribution in [0.25, 0.3) is 11.0 Å². The monoisotopic (exact) mass is 480 g/mol. The summed E-state index contributed by atoms with van der Waals surface area (Å²) in [5.41, 5.74) is 0.855. The molecule has 1 aliphatic rings. The summed E-state index contributed by atoms with van der Waals surface area (Å²) in [5, 5.41) is 12.3. The minimum atomic E-state index is -1.07. The van der Waals surface area contributed by atoms with Crippen LogP contribution in [0, 0.1) is 0 Å². The molecular formula is C24H25ClN6O3. The molecule has 3 amide bonds. The zero-order chi connectivity index (χ0) is 24.0. The van der Waals surface area contributed by atoms with Gasteiger partial charge in [-0.2, -0.15) is 0 Å². The number of hydrogen-bond donors (Lipinski definition) is 4. The SMILES string of the molecule is O=C(NCCNC(=O)C1(NC(=O)c2cnc3ccccc3n2)CCNCC1)c1ccc(Cl)cc1. The molecule has 1 aliphatic heterocycles. The summed E-state index contributed by atoms with van der Waals surface area (Å²) < 4.78 is 0. The zero-order valence-electron chi connectivity index (χ0n) is 18.4. The first-order chi connectivity index (χ1) is 16.5. The number of aromatic nitrogens is 2. The number of fused-ring (bicyclic) bond motifs is 1. The molecule has 0 radical (unpaired) electrons. The zero-order valence-corrected chi connectivity index (χ0v) is 19.2. The molecule has 176 valence electrons. The van der Waals surface area contributed by atoms with Crippen molar-refractivity contribution in [2.45, 2.75) is 18.4 Å². The molecule has 34 heavy (non-hydrogen) atoms. The van der Waals surface area contributed by atoms with Gasteiger partial charge in [0.2, 0.25) is 5.91 Å². The summed E-state index contributed by atoms with van der Waals surface area (Å²) in [6, 6.07) is 13.8. The Balaban J connectivity index is 1.36. The molecule has 0 saturated carbocycles. The van der Waals surface area contributed by atoms with Crippen molar-refractivity contribution in [1.82, 2.24) is 31.2 Å². The van der Waals surface area contributed by atoms with Crippen LogP contribution in [-0.4, -0.2) is 59.4 Å². The fraction of sp³-hybridized carbons (Fsp3) is 0.292. The number of hydrogen-bond acceptors (Lipinski definition) is 6. The highest BCUT2D eigenvalue weighted by molar-refractivity contribution is 6.30. The maximum Gasteiger partial charge on any atom is 0.272 e. The Morgan fingerprint density at radius 2 is 1.59 bits per heavy atom. The van der Waals surface area contributed by atoms with Crippen LogP contribution in [0.4, 0.5) is 0 Å². The van der Waals surface area contributed by atoms with Gasteiger partial charge in [0.1, 0.15) is 11.2 Å². The number of piperidine rings is 1. The summed E-state index contributed by atoms with van der Waals surface area (Å²) in [6.45, 7) is 1.64. The maximum absolute atomic E-state index is 13.1. The van der Waals surface area contributed by atoms with E-state index in [0.29, 0.717) is 47.6 Å². The van der Waals surface area contributed by atoms with Crippen LogP contribution in [0.1, 0.15) is 33.7 Å². The lowest BCUT2D eigenvalue weighted by molar-refractivity contribution is -0.128. The van der Waals surface area contributed by atoms with Crippen molar-refractivity contribution in [3.8, 4) is 0 Å². The molecule has 4 N–H and O–H groups in total. The standard InChI is InChI=1S/C24H25ClN6O3/c25-17-7-5-16(6-8-17)21(32)27-13-14-28-23(34)24(9-11-26-12-10-24)31-22(33)20-15-29-18-3-1-2-4-19(18)30-20/h1-8,15,26H,9-14H2,(H,27,32)(H,28,34)(H,31,33). The first kappa shape index (κ1) is 23.6. The quantitative estimate of drug-likeness (QED) is 0.381. The number of para-hydroxylation sites is 2. The van der Waals surface area contributed by atoms with Gasteiger partial charge in [-0.15, -0.1) is 0 Å². The van der Waals surface area contributed by atoms with E-state index in [4.69, 9.17) is 11.6 Å². The first-order valence-corrected chi connectivity index (χ1v) is 11.4. The van der Waals surface area contributed by atoms with Crippen molar-refractivity contribution in [2.24, 2.45) is 0 Å². The van der Waals surface area contributed by atoms with Crippen molar-refractivity contribution in [3.05, 3.63) is 71.0 Å². The lowest BCUT2D eigenvalue weighted by atomic mass is 9.87. The number of nitrogens with one attached hydrogen (secondary N) is 4. The summed E-state index contributed by atoms with van der Waals surface area (Å²) in [5.74, 6) is -1.01. The molecule has 1 saturated heterocycles. The van der Waals surface area contributed by atoms with Gasteiger partial charge in [0.25, 0.3) is 11.8 Å². The Kier molecular flexibility index (Phi) is 7.34. The van der Waals surface area contributed by atoms with Crippen LogP contribution in [0.15, 0.2) is 54.7 Å². The van der Waals surface area contributed by atoms with Crippen LogP contribution in [-0.2, 0) is 4.79 Å². The average molecular weight is 481 g/mol. The van der Waals surface area contributed by atoms with E-state index in [-0.39, 0.29) is 30.6 Å². The summed E-state index contributed by atoms with van der Waals surface area (Å²) >= 11 is 5.84. The molecule has 1 aromatic heterocycles. The Hall–Kier alpha value is -3.56. The average Bonchev–Trinajstić information content (AvgIpc) is 2.87. The fourth-order valence-electron chi connectivity index (χ4n) is 3.83. The van der Waals surface area contributed by atoms with Crippen LogP contribution in [0.2, 0.25) is 5.02 Å². The number of halogens is 1. The van der Waals surface area contributed by atoms with Gasteiger partial charge in [0.05, 0.1) is 17.2 Å². The highest BCUT2D eigenvalue weighted by Gasteiger charge is 2.41. The molecule has 9 nitrogen and oxygen atoms in total. The van der Waals surface area contributed by atoms with Crippen molar-refractivity contribution in [3.63, 3.8) is 0 Å². The van der Waals surface area contributed by atoms with Gasteiger partial charge in [-0.3, -0.25) is 19.4 Å². The molecule has 10 heteroatoms. The van der Waals surface area contributed by atoms with Gasteiger partial charge in [-0.1, -0.05) is 23.7 Å². The molecule has 2 heterocycles. The van der Waals surface area contributed by atoms with Gasteiger partial charge in [-0.25, -0.2) is 4.98 Å². The Bertz CT molecular complexity index is 1190. The number of carbonyl (C=O) groups is 3. The number of amides is 3. The van der Waals surface area contributed by atoms with Gasteiger partial charge in [-0.05, 0) is 62.3 Å². The Morgan fingerprint density at radius 3 is 2.32 bits per heavy atom.